The molecular weight excluding hydrogens is 320 g/mol. The largest absolute Gasteiger partial charge is 0.395 e. The second-order valence-corrected chi connectivity index (χ2v) is 8.08. The molecule has 0 aromatic rings. The minimum Gasteiger partial charge on any atom is -0.395 e. The van der Waals surface area contributed by atoms with Crippen LogP contribution in [0, 0.1) is 22.7 Å². The molecule has 1 fully saturated rings. The average molecular weight is 354 g/mol. The predicted molar refractivity (Wildman–Crippen MR) is 96.8 cm³/mol. The Hall–Kier alpha value is -0.720. The summed E-state index contributed by atoms with van der Waals surface area (Å²) in [5.41, 5.74) is 0.699. The third-order valence-corrected chi connectivity index (χ3v) is 7.16. The van der Waals surface area contributed by atoms with E-state index in [4.69, 9.17) is 5.11 Å². The minimum atomic E-state index is -0.770. The summed E-state index contributed by atoms with van der Waals surface area (Å²) in [5, 5.41) is 49.6. The van der Waals surface area contributed by atoms with Crippen LogP contribution in [-0.2, 0) is 0 Å². The van der Waals surface area contributed by atoms with Gasteiger partial charge in [-0.3, -0.25) is 0 Å². The predicted octanol–water partition coefficient (Wildman–Crippen LogP) is 1.39. The molecule has 25 heavy (non-hydrogen) atoms. The number of aliphatic hydroxyl groups is 5. The van der Waals surface area contributed by atoms with Crippen LogP contribution in [0.3, 0.4) is 0 Å². The Kier molecular flexibility index (Phi) is 6.85. The molecule has 0 aromatic heterocycles. The molecule has 2 rings (SSSR count). The van der Waals surface area contributed by atoms with E-state index in [1.54, 1.807) is 6.08 Å². The van der Waals surface area contributed by atoms with Crippen molar-refractivity contribution >= 4 is 0 Å². The van der Waals surface area contributed by atoms with E-state index in [9.17, 15) is 20.4 Å². The Morgan fingerprint density at radius 2 is 2.00 bits per heavy atom. The molecule has 0 radical (unpaired) electrons. The highest BCUT2D eigenvalue weighted by atomic mass is 16.3. The lowest BCUT2D eigenvalue weighted by molar-refractivity contribution is -0.153. The van der Waals surface area contributed by atoms with Crippen LogP contribution in [-0.4, -0.2) is 58.1 Å². The summed E-state index contributed by atoms with van der Waals surface area (Å²) in [7, 11) is 0. The van der Waals surface area contributed by atoms with Gasteiger partial charge >= 0.3 is 0 Å². The second-order valence-electron chi connectivity index (χ2n) is 8.08. The van der Waals surface area contributed by atoms with E-state index < -0.39 is 11.5 Å². The molecule has 1 saturated carbocycles. The van der Waals surface area contributed by atoms with Gasteiger partial charge in [0.1, 0.15) is 0 Å². The molecule has 0 amide bonds. The maximum atomic E-state index is 10.9. The molecule has 144 valence electrons. The van der Waals surface area contributed by atoms with E-state index in [0.29, 0.717) is 12.8 Å². The van der Waals surface area contributed by atoms with Crippen LogP contribution in [0.1, 0.15) is 46.0 Å². The van der Waals surface area contributed by atoms with Gasteiger partial charge in [-0.1, -0.05) is 26.0 Å². The average Bonchev–Trinajstić information content (AvgIpc) is 2.62. The van der Waals surface area contributed by atoms with E-state index >= 15 is 0 Å². The molecule has 5 heteroatoms. The fraction of sp³-hybridized carbons (Fsp3) is 0.800. The first-order valence-corrected chi connectivity index (χ1v) is 9.39. The molecule has 0 saturated heterocycles. The van der Waals surface area contributed by atoms with Gasteiger partial charge in [0.05, 0.1) is 32.5 Å². The molecule has 0 aliphatic heterocycles. The molecule has 5 N–H and O–H groups in total. The van der Waals surface area contributed by atoms with Crippen LogP contribution in [0.25, 0.3) is 0 Å². The minimum absolute atomic E-state index is 0.0642. The number of allylic oxidation sites excluding steroid dienone is 1. The number of hydrogen-bond acceptors (Lipinski definition) is 5. The SMILES string of the molecule is C[C@@H]1C[C@@H](O)[C@]2(CO)C(CO)=CCC[C@@H]2[C@@]1(C)CC/C(=C/CO)CO. The lowest BCUT2D eigenvalue weighted by atomic mass is 9.45. The Morgan fingerprint density at radius 1 is 1.28 bits per heavy atom. The van der Waals surface area contributed by atoms with Crippen LogP contribution in [0.4, 0.5) is 0 Å². The lowest BCUT2D eigenvalue weighted by Gasteiger charge is -2.60. The van der Waals surface area contributed by atoms with Crippen molar-refractivity contribution in [1.82, 2.24) is 0 Å². The van der Waals surface area contributed by atoms with Crippen LogP contribution in [0.15, 0.2) is 23.3 Å². The van der Waals surface area contributed by atoms with Crippen molar-refractivity contribution in [3.63, 3.8) is 0 Å². The van der Waals surface area contributed by atoms with Gasteiger partial charge in [0.25, 0.3) is 0 Å². The quantitative estimate of drug-likeness (QED) is 0.445. The molecule has 0 spiro atoms. The molecule has 5 nitrogen and oxygen atoms in total. The molecule has 5 atom stereocenters. The van der Waals surface area contributed by atoms with Gasteiger partial charge in [0.15, 0.2) is 0 Å². The zero-order valence-electron chi connectivity index (χ0n) is 15.5. The van der Waals surface area contributed by atoms with E-state index in [2.05, 4.69) is 13.8 Å². The first-order valence-electron chi connectivity index (χ1n) is 9.39. The normalized spacial score (nSPS) is 39.1. The highest BCUT2D eigenvalue weighted by Crippen LogP contribution is 2.61. The van der Waals surface area contributed by atoms with Crippen molar-refractivity contribution in [3.8, 4) is 0 Å². The summed E-state index contributed by atoms with van der Waals surface area (Å²) >= 11 is 0. The number of rotatable bonds is 7. The zero-order chi connectivity index (χ0) is 18.7. The number of aliphatic hydroxyl groups excluding tert-OH is 5. The fourth-order valence-electron chi connectivity index (χ4n) is 5.37. The van der Waals surface area contributed by atoms with Gasteiger partial charge in [-0.25, -0.2) is 0 Å². The Balaban J connectivity index is 2.37. The summed E-state index contributed by atoms with van der Waals surface area (Å²) in [5.74, 6) is 0.337. The smallest absolute Gasteiger partial charge is 0.0662 e. The van der Waals surface area contributed by atoms with Gasteiger partial charge < -0.3 is 25.5 Å². The standard InChI is InChI=1S/C20H34O5/c1-14-10-18(25)20(13-24)16(12-23)4-3-5-17(20)19(14,2)8-6-15(11-22)7-9-21/h4,7,14,17-18,21-25H,3,5-6,8-13H2,1-2H3/b15-7-/t14-,17-,18-,19+,20-/m1/s1. The van der Waals surface area contributed by atoms with E-state index in [-0.39, 0.29) is 43.7 Å². The van der Waals surface area contributed by atoms with Crippen molar-refractivity contribution in [1.29, 1.82) is 0 Å². The van der Waals surface area contributed by atoms with Gasteiger partial charge in [-0.15, -0.1) is 0 Å². The lowest BCUT2D eigenvalue weighted by Crippen LogP contribution is -2.60. The summed E-state index contributed by atoms with van der Waals surface area (Å²) in [6, 6.07) is 0. The number of hydrogen-bond donors (Lipinski definition) is 5. The van der Waals surface area contributed by atoms with Crippen molar-refractivity contribution < 1.29 is 25.5 Å². The first kappa shape index (κ1) is 20.6. The summed E-state index contributed by atoms with van der Waals surface area (Å²) in [6.07, 6.45) is 6.79. The van der Waals surface area contributed by atoms with Crippen LogP contribution in [0.2, 0.25) is 0 Å². The molecular formula is C20H34O5. The molecule has 2 aliphatic rings. The van der Waals surface area contributed by atoms with Gasteiger partial charge in [0, 0.05) is 5.41 Å². The van der Waals surface area contributed by atoms with Gasteiger partial charge in [0.2, 0.25) is 0 Å². The van der Waals surface area contributed by atoms with Crippen molar-refractivity contribution in [2.24, 2.45) is 22.7 Å². The van der Waals surface area contributed by atoms with Crippen molar-refractivity contribution in [3.05, 3.63) is 23.3 Å². The Morgan fingerprint density at radius 3 is 2.56 bits per heavy atom. The van der Waals surface area contributed by atoms with Crippen molar-refractivity contribution in [2.75, 3.05) is 26.4 Å². The topological polar surface area (TPSA) is 101 Å². The highest BCUT2D eigenvalue weighted by Gasteiger charge is 2.59. The van der Waals surface area contributed by atoms with Crippen LogP contribution >= 0.6 is 0 Å². The van der Waals surface area contributed by atoms with Crippen molar-refractivity contribution in [2.45, 2.75) is 52.1 Å². The first-order chi connectivity index (χ1) is 11.9. The molecule has 2 aliphatic carbocycles. The monoisotopic (exact) mass is 354 g/mol. The maximum absolute atomic E-state index is 10.9. The third kappa shape index (κ3) is 3.45. The fourth-order valence-corrected chi connectivity index (χ4v) is 5.37. The Labute approximate surface area is 150 Å². The molecule has 0 unspecified atom stereocenters. The summed E-state index contributed by atoms with van der Waals surface area (Å²) in [4.78, 5) is 0. The Bertz CT molecular complexity index is 514. The van der Waals surface area contributed by atoms with E-state index in [1.165, 1.54) is 0 Å². The van der Waals surface area contributed by atoms with Gasteiger partial charge in [-0.2, -0.15) is 0 Å². The molecule has 0 bridgehead atoms. The van der Waals surface area contributed by atoms with Crippen LogP contribution < -0.4 is 0 Å². The highest BCUT2D eigenvalue weighted by molar-refractivity contribution is 5.27. The van der Waals surface area contributed by atoms with Crippen LogP contribution in [0.5, 0.6) is 0 Å². The number of fused-ring (bicyclic) bond motifs is 1. The molecule has 0 heterocycles. The summed E-state index contributed by atoms with van der Waals surface area (Å²) in [6.45, 7) is 3.92. The molecule has 0 aromatic carbocycles. The van der Waals surface area contributed by atoms with E-state index in [0.717, 1.165) is 30.4 Å². The zero-order valence-corrected chi connectivity index (χ0v) is 15.5. The third-order valence-electron chi connectivity index (χ3n) is 7.16. The van der Waals surface area contributed by atoms with E-state index in [1.807, 2.05) is 6.08 Å². The van der Waals surface area contributed by atoms with Gasteiger partial charge in [-0.05, 0) is 60.5 Å². The second kappa shape index (κ2) is 8.31. The maximum Gasteiger partial charge on any atom is 0.0662 e. The summed E-state index contributed by atoms with van der Waals surface area (Å²) < 4.78 is 0.